The fourth-order valence-electron chi connectivity index (χ4n) is 3.59. The second-order valence-corrected chi connectivity index (χ2v) is 8.83. The number of rotatable bonds is 5. The molecule has 1 aliphatic heterocycles. The number of carbonyl (C=O) groups is 1. The first-order valence-corrected chi connectivity index (χ1v) is 10.5. The Hall–Kier alpha value is -2.57. The van der Waals surface area contributed by atoms with Crippen molar-refractivity contribution < 1.29 is 14.1 Å². The zero-order valence-electron chi connectivity index (χ0n) is 18.2. The van der Waals surface area contributed by atoms with E-state index in [1.807, 2.05) is 37.4 Å². The van der Waals surface area contributed by atoms with Crippen LogP contribution < -0.4 is 5.46 Å². The minimum atomic E-state index is -0.433. The number of Topliss-reactive ketones (excluding diaryl/α,β-unsaturated/α-hetero) is 1. The van der Waals surface area contributed by atoms with Crippen LogP contribution in [0.4, 0.5) is 0 Å². The summed E-state index contributed by atoms with van der Waals surface area (Å²) in [6.45, 7) is 10.2. The Kier molecular flexibility index (Phi) is 5.24. The first-order chi connectivity index (χ1) is 14.2. The van der Waals surface area contributed by atoms with E-state index < -0.39 is 18.3 Å². The van der Waals surface area contributed by atoms with Crippen molar-refractivity contribution in [3.63, 3.8) is 0 Å². The summed E-state index contributed by atoms with van der Waals surface area (Å²) in [5.41, 5.74) is 2.39. The van der Waals surface area contributed by atoms with Gasteiger partial charge < -0.3 is 9.31 Å². The molecular weight excluding hydrogens is 375 g/mol. The third-order valence-electron chi connectivity index (χ3n) is 6.13. The molecular formula is C24H27BN2O3. The number of benzene rings is 1. The highest BCUT2D eigenvalue weighted by atomic mass is 16.7. The molecule has 1 aliphatic rings. The van der Waals surface area contributed by atoms with E-state index in [2.05, 4.69) is 43.7 Å². The second-order valence-electron chi connectivity index (χ2n) is 8.83. The van der Waals surface area contributed by atoms with Crippen molar-refractivity contribution in [2.75, 3.05) is 0 Å². The smallest absolute Gasteiger partial charge is 0.399 e. The maximum atomic E-state index is 12.0. The summed E-state index contributed by atoms with van der Waals surface area (Å²) in [6, 6.07) is 11.8. The third kappa shape index (κ3) is 3.66. The normalized spacial score (nSPS) is 17.4. The van der Waals surface area contributed by atoms with Crippen LogP contribution in [0.2, 0.25) is 0 Å². The number of nitrogens with zero attached hydrogens (tertiary/aromatic N) is 2. The molecule has 2 aromatic heterocycles. The van der Waals surface area contributed by atoms with Crippen molar-refractivity contribution in [2.45, 2.75) is 58.7 Å². The van der Waals surface area contributed by atoms with Crippen LogP contribution in [0.25, 0.3) is 22.0 Å². The highest BCUT2D eigenvalue weighted by Gasteiger charge is 2.52. The SMILES string of the molecule is CCCC(=O)c1ccc(-c2cc3cccc(B4OC(C)(C)C(C)(C)O4)c3cn2)cn1. The molecule has 1 saturated heterocycles. The van der Waals surface area contributed by atoms with Gasteiger partial charge in [-0.1, -0.05) is 25.1 Å². The van der Waals surface area contributed by atoms with Crippen molar-refractivity contribution in [3.05, 3.63) is 54.5 Å². The molecule has 5 nitrogen and oxygen atoms in total. The van der Waals surface area contributed by atoms with Crippen LogP contribution in [0.15, 0.2) is 48.8 Å². The fourth-order valence-corrected chi connectivity index (χ4v) is 3.59. The van der Waals surface area contributed by atoms with Gasteiger partial charge in [-0.2, -0.15) is 0 Å². The molecule has 6 heteroatoms. The average molecular weight is 402 g/mol. The summed E-state index contributed by atoms with van der Waals surface area (Å²) in [5.74, 6) is 0.0718. The molecule has 0 bridgehead atoms. The molecule has 3 aromatic rings. The van der Waals surface area contributed by atoms with E-state index in [-0.39, 0.29) is 5.78 Å². The number of hydrogen-bond donors (Lipinski definition) is 0. The molecule has 0 N–H and O–H groups in total. The zero-order chi connectivity index (χ0) is 21.5. The molecule has 0 aliphatic carbocycles. The van der Waals surface area contributed by atoms with Crippen LogP contribution in [0.5, 0.6) is 0 Å². The molecule has 3 heterocycles. The quantitative estimate of drug-likeness (QED) is 0.462. The van der Waals surface area contributed by atoms with E-state index in [1.54, 1.807) is 12.3 Å². The molecule has 0 saturated carbocycles. The Balaban J connectivity index is 1.66. The highest BCUT2D eigenvalue weighted by Crippen LogP contribution is 2.37. The van der Waals surface area contributed by atoms with Crippen molar-refractivity contribution in [1.29, 1.82) is 0 Å². The van der Waals surface area contributed by atoms with Crippen LogP contribution in [0, 0.1) is 0 Å². The van der Waals surface area contributed by atoms with Gasteiger partial charge in [-0.05, 0) is 68.6 Å². The van der Waals surface area contributed by atoms with Gasteiger partial charge in [-0.25, -0.2) is 0 Å². The van der Waals surface area contributed by atoms with E-state index in [0.717, 1.165) is 33.9 Å². The lowest BCUT2D eigenvalue weighted by Crippen LogP contribution is -2.41. The Bertz CT molecular complexity index is 1080. The van der Waals surface area contributed by atoms with Crippen molar-refractivity contribution >= 4 is 29.1 Å². The van der Waals surface area contributed by atoms with E-state index in [0.29, 0.717) is 12.1 Å². The zero-order valence-corrected chi connectivity index (χ0v) is 18.2. The maximum absolute atomic E-state index is 12.0. The second kappa shape index (κ2) is 7.60. The lowest BCUT2D eigenvalue weighted by molar-refractivity contribution is 0.00578. The van der Waals surface area contributed by atoms with Gasteiger partial charge in [0.05, 0.1) is 16.9 Å². The van der Waals surface area contributed by atoms with Gasteiger partial charge in [-0.15, -0.1) is 0 Å². The van der Waals surface area contributed by atoms with Crippen molar-refractivity contribution in [2.24, 2.45) is 0 Å². The molecule has 0 atom stereocenters. The Morgan fingerprint density at radius 2 is 1.73 bits per heavy atom. The van der Waals surface area contributed by atoms with E-state index >= 15 is 0 Å². The fraction of sp³-hybridized carbons (Fsp3) is 0.375. The summed E-state index contributed by atoms with van der Waals surface area (Å²) in [7, 11) is -0.433. The molecule has 0 spiro atoms. The van der Waals surface area contributed by atoms with Crippen LogP contribution in [0.1, 0.15) is 57.9 Å². The number of fused-ring (bicyclic) bond motifs is 1. The van der Waals surface area contributed by atoms with E-state index in [9.17, 15) is 4.79 Å². The largest absolute Gasteiger partial charge is 0.495 e. The standard InChI is InChI=1S/C24H27BN2O3/c1-6-8-22(28)20-12-11-17(14-26-20)21-13-16-9-7-10-19(18(16)15-27-21)25-29-23(2,3)24(4,5)30-25/h7,9-15H,6,8H2,1-5H3. The molecule has 0 amide bonds. The monoisotopic (exact) mass is 402 g/mol. The minimum Gasteiger partial charge on any atom is -0.399 e. The van der Waals surface area contributed by atoms with Gasteiger partial charge >= 0.3 is 7.12 Å². The van der Waals surface area contributed by atoms with Gasteiger partial charge in [0.1, 0.15) is 5.69 Å². The number of aromatic nitrogens is 2. The highest BCUT2D eigenvalue weighted by molar-refractivity contribution is 6.65. The van der Waals surface area contributed by atoms with Crippen LogP contribution in [0.3, 0.4) is 0 Å². The summed E-state index contributed by atoms with van der Waals surface area (Å²) >= 11 is 0. The first kappa shape index (κ1) is 20.7. The molecule has 4 rings (SSSR count). The van der Waals surface area contributed by atoms with Crippen LogP contribution in [-0.2, 0) is 9.31 Å². The molecule has 0 unspecified atom stereocenters. The average Bonchev–Trinajstić information content (AvgIpc) is 2.94. The predicted molar refractivity (Wildman–Crippen MR) is 120 cm³/mol. The molecule has 1 fully saturated rings. The minimum absolute atomic E-state index is 0.0718. The summed E-state index contributed by atoms with van der Waals surface area (Å²) in [6.07, 6.45) is 4.91. The Morgan fingerprint density at radius 1 is 1.00 bits per heavy atom. The van der Waals surface area contributed by atoms with Crippen LogP contribution >= 0.6 is 0 Å². The first-order valence-electron chi connectivity index (χ1n) is 10.5. The van der Waals surface area contributed by atoms with Gasteiger partial charge in [0.2, 0.25) is 0 Å². The van der Waals surface area contributed by atoms with Gasteiger partial charge in [0.15, 0.2) is 5.78 Å². The number of pyridine rings is 2. The topological polar surface area (TPSA) is 61.3 Å². The molecule has 1 aromatic carbocycles. The lowest BCUT2D eigenvalue weighted by Gasteiger charge is -2.32. The molecule has 30 heavy (non-hydrogen) atoms. The van der Waals surface area contributed by atoms with Gasteiger partial charge in [0.25, 0.3) is 0 Å². The molecule has 0 radical (unpaired) electrons. The number of carbonyl (C=O) groups excluding carboxylic acids is 1. The van der Waals surface area contributed by atoms with Crippen LogP contribution in [-0.4, -0.2) is 34.1 Å². The van der Waals surface area contributed by atoms with Crippen molar-refractivity contribution in [3.8, 4) is 11.3 Å². The van der Waals surface area contributed by atoms with Gasteiger partial charge in [0, 0.05) is 24.4 Å². The summed E-state index contributed by atoms with van der Waals surface area (Å²) in [4.78, 5) is 21.0. The maximum Gasteiger partial charge on any atom is 0.495 e. The lowest BCUT2D eigenvalue weighted by atomic mass is 9.76. The Labute approximate surface area is 178 Å². The Morgan fingerprint density at radius 3 is 2.37 bits per heavy atom. The van der Waals surface area contributed by atoms with Crippen molar-refractivity contribution in [1.82, 2.24) is 9.97 Å². The predicted octanol–water partition coefficient (Wildman–Crippen LogP) is 4.58. The summed E-state index contributed by atoms with van der Waals surface area (Å²) in [5, 5.41) is 2.06. The van der Waals surface area contributed by atoms with Gasteiger partial charge in [-0.3, -0.25) is 14.8 Å². The summed E-state index contributed by atoms with van der Waals surface area (Å²) < 4.78 is 12.5. The third-order valence-corrected chi connectivity index (χ3v) is 6.13. The van der Waals surface area contributed by atoms with E-state index in [1.165, 1.54) is 0 Å². The number of hydrogen-bond acceptors (Lipinski definition) is 5. The number of ketones is 1. The molecule has 154 valence electrons. The van der Waals surface area contributed by atoms with E-state index in [4.69, 9.17) is 9.31 Å².